The largest absolute Gasteiger partial charge is 0.444 e. The molecule has 0 spiro atoms. The summed E-state index contributed by atoms with van der Waals surface area (Å²) < 4.78 is 5.35. The second-order valence-corrected chi connectivity index (χ2v) is 7.97. The number of carbonyl (C=O) groups excluding carboxylic acids is 1. The molecular formula is C15H30N2O2. The summed E-state index contributed by atoms with van der Waals surface area (Å²) in [5.41, 5.74) is 5.63. The van der Waals surface area contributed by atoms with Crippen LogP contribution in [0.3, 0.4) is 0 Å². The second kappa shape index (κ2) is 5.31. The molecular weight excluding hydrogens is 240 g/mol. The molecule has 0 aliphatic heterocycles. The molecule has 1 aliphatic carbocycles. The van der Waals surface area contributed by atoms with Crippen LogP contribution in [0.25, 0.3) is 0 Å². The van der Waals surface area contributed by atoms with E-state index < -0.39 is 5.60 Å². The number of carbonyl (C=O) groups is 1. The Morgan fingerprint density at radius 1 is 1.26 bits per heavy atom. The maximum absolute atomic E-state index is 11.9. The molecule has 0 bridgehead atoms. The number of hydrogen-bond acceptors (Lipinski definition) is 3. The van der Waals surface area contributed by atoms with Crippen molar-refractivity contribution in [1.29, 1.82) is 0 Å². The van der Waals surface area contributed by atoms with E-state index in [1.54, 1.807) is 0 Å². The van der Waals surface area contributed by atoms with Crippen molar-refractivity contribution in [2.24, 2.45) is 16.6 Å². The first-order valence-corrected chi connectivity index (χ1v) is 7.17. The number of nitrogens with one attached hydrogen (secondary N) is 1. The average molecular weight is 270 g/mol. The molecule has 4 nitrogen and oxygen atoms in total. The van der Waals surface area contributed by atoms with Crippen LogP contribution < -0.4 is 11.1 Å². The molecule has 19 heavy (non-hydrogen) atoms. The number of ether oxygens (including phenoxy) is 1. The maximum atomic E-state index is 11.9. The Morgan fingerprint density at radius 2 is 1.79 bits per heavy atom. The molecule has 1 aliphatic rings. The van der Waals surface area contributed by atoms with Gasteiger partial charge in [0.1, 0.15) is 5.60 Å². The first kappa shape index (κ1) is 16.3. The highest BCUT2D eigenvalue weighted by Crippen LogP contribution is 2.50. The highest BCUT2D eigenvalue weighted by atomic mass is 16.6. The molecule has 0 saturated heterocycles. The quantitative estimate of drug-likeness (QED) is 0.825. The van der Waals surface area contributed by atoms with Gasteiger partial charge in [0, 0.05) is 6.04 Å². The molecule has 0 aromatic carbocycles. The van der Waals surface area contributed by atoms with Gasteiger partial charge in [0.05, 0.1) is 0 Å². The predicted molar refractivity (Wildman–Crippen MR) is 78.0 cm³/mol. The number of nitrogens with two attached hydrogens (primary N) is 1. The molecule has 1 unspecified atom stereocenters. The van der Waals surface area contributed by atoms with Gasteiger partial charge >= 0.3 is 6.09 Å². The SMILES string of the molecule is CC(C)(C)OC(=O)NC(CC1(CN)CC1)C(C)(C)C. The summed E-state index contributed by atoms with van der Waals surface area (Å²) in [5.74, 6) is 0. The number of amides is 1. The Morgan fingerprint density at radius 3 is 2.11 bits per heavy atom. The fourth-order valence-electron chi connectivity index (χ4n) is 2.12. The van der Waals surface area contributed by atoms with Gasteiger partial charge < -0.3 is 15.8 Å². The Balaban J connectivity index is 2.63. The molecule has 4 heteroatoms. The molecule has 1 atom stereocenters. The summed E-state index contributed by atoms with van der Waals surface area (Å²) in [6.45, 7) is 12.8. The van der Waals surface area contributed by atoms with E-state index in [-0.39, 0.29) is 23.0 Å². The second-order valence-electron chi connectivity index (χ2n) is 7.97. The lowest BCUT2D eigenvalue weighted by Crippen LogP contribution is -2.47. The van der Waals surface area contributed by atoms with Crippen LogP contribution in [0, 0.1) is 10.8 Å². The standard InChI is InChI=1S/C15H30N2O2/c1-13(2,3)11(9-15(10-16)7-8-15)17-12(18)19-14(4,5)6/h11H,7-10,16H2,1-6H3,(H,17,18). The minimum absolute atomic E-state index is 0.00165. The van der Waals surface area contributed by atoms with Crippen molar-refractivity contribution < 1.29 is 9.53 Å². The third-order valence-electron chi connectivity index (χ3n) is 3.76. The first-order chi connectivity index (χ1) is 8.47. The van der Waals surface area contributed by atoms with Crippen molar-refractivity contribution in [1.82, 2.24) is 5.32 Å². The lowest BCUT2D eigenvalue weighted by Gasteiger charge is -2.34. The zero-order valence-electron chi connectivity index (χ0n) is 13.3. The highest BCUT2D eigenvalue weighted by molar-refractivity contribution is 5.68. The van der Waals surface area contributed by atoms with Gasteiger partial charge in [0.15, 0.2) is 0 Å². The van der Waals surface area contributed by atoms with Gasteiger partial charge in [-0.3, -0.25) is 0 Å². The van der Waals surface area contributed by atoms with Crippen LogP contribution in [0.1, 0.15) is 60.8 Å². The van der Waals surface area contributed by atoms with Gasteiger partial charge in [-0.2, -0.15) is 0 Å². The van der Waals surface area contributed by atoms with Crippen LogP contribution in [0.2, 0.25) is 0 Å². The van der Waals surface area contributed by atoms with Crippen LogP contribution in [0.15, 0.2) is 0 Å². The molecule has 1 fully saturated rings. The van der Waals surface area contributed by atoms with Crippen molar-refractivity contribution in [3.05, 3.63) is 0 Å². The average Bonchev–Trinajstić information content (AvgIpc) is 2.93. The lowest BCUT2D eigenvalue weighted by molar-refractivity contribution is 0.0447. The van der Waals surface area contributed by atoms with Gasteiger partial charge in [-0.15, -0.1) is 0 Å². The summed E-state index contributed by atoms with van der Waals surface area (Å²) in [4.78, 5) is 11.9. The van der Waals surface area contributed by atoms with E-state index in [0.717, 1.165) is 6.42 Å². The Labute approximate surface area is 117 Å². The lowest BCUT2D eigenvalue weighted by atomic mass is 9.80. The summed E-state index contributed by atoms with van der Waals surface area (Å²) in [5, 5.41) is 3.03. The minimum atomic E-state index is -0.461. The van der Waals surface area contributed by atoms with E-state index in [2.05, 4.69) is 26.1 Å². The predicted octanol–water partition coefficient (Wildman–Crippen LogP) is 3.05. The van der Waals surface area contributed by atoms with Crippen molar-refractivity contribution in [3.63, 3.8) is 0 Å². The van der Waals surface area contributed by atoms with Crippen LogP contribution >= 0.6 is 0 Å². The van der Waals surface area contributed by atoms with Gasteiger partial charge in [-0.05, 0) is 57.4 Å². The molecule has 0 radical (unpaired) electrons. The molecule has 1 rings (SSSR count). The van der Waals surface area contributed by atoms with Crippen LogP contribution in [-0.2, 0) is 4.74 Å². The van der Waals surface area contributed by atoms with Gasteiger partial charge in [0.2, 0.25) is 0 Å². The summed E-state index contributed by atoms with van der Waals surface area (Å²) in [6.07, 6.45) is 2.95. The fourth-order valence-corrected chi connectivity index (χ4v) is 2.12. The Bertz CT molecular complexity index is 322. The Hall–Kier alpha value is -0.770. The fraction of sp³-hybridized carbons (Fsp3) is 0.933. The van der Waals surface area contributed by atoms with E-state index in [1.807, 2.05) is 20.8 Å². The van der Waals surface area contributed by atoms with Crippen molar-refractivity contribution >= 4 is 6.09 Å². The smallest absolute Gasteiger partial charge is 0.407 e. The minimum Gasteiger partial charge on any atom is -0.444 e. The molecule has 0 heterocycles. The van der Waals surface area contributed by atoms with E-state index >= 15 is 0 Å². The zero-order valence-corrected chi connectivity index (χ0v) is 13.3. The van der Waals surface area contributed by atoms with Crippen molar-refractivity contribution in [3.8, 4) is 0 Å². The molecule has 3 N–H and O–H groups in total. The molecule has 112 valence electrons. The summed E-state index contributed by atoms with van der Waals surface area (Å²) in [6, 6.07) is 0.0911. The molecule has 1 amide bonds. The van der Waals surface area contributed by atoms with Gasteiger partial charge in [-0.1, -0.05) is 20.8 Å². The maximum Gasteiger partial charge on any atom is 0.407 e. The number of rotatable bonds is 4. The molecule has 1 saturated carbocycles. The van der Waals surface area contributed by atoms with Crippen molar-refractivity contribution in [2.45, 2.75) is 72.4 Å². The number of hydrogen-bond donors (Lipinski definition) is 2. The number of alkyl carbamates (subject to hydrolysis) is 1. The third kappa shape index (κ3) is 5.39. The molecule has 0 aromatic heterocycles. The van der Waals surface area contributed by atoms with Crippen LogP contribution in [0.5, 0.6) is 0 Å². The van der Waals surface area contributed by atoms with E-state index in [0.29, 0.717) is 6.54 Å². The van der Waals surface area contributed by atoms with Crippen molar-refractivity contribution in [2.75, 3.05) is 6.54 Å². The van der Waals surface area contributed by atoms with Crippen LogP contribution in [-0.4, -0.2) is 24.3 Å². The topological polar surface area (TPSA) is 64.3 Å². The monoisotopic (exact) mass is 270 g/mol. The van der Waals surface area contributed by atoms with Gasteiger partial charge in [-0.25, -0.2) is 4.79 Å². The zero-order chi connectivity index (χ0) is 14.9. The van der Waals surface area contributed by atoms with E-state index in [1.165, 1.54) is 12.8 Å². The summed E-state index contributed by atoms with van der Waals surface area (Å²) >= 11 is 0. The Kier molecular flexibility index (Phi) is 4.55. The van der Waals surface area contributed by atoms with E-state index in [9.17, 15) is 4.79 Å². The first-order valence-electron chi connectivity index (χ1n) is 7.17. The van der Waals surface area contributed by atoms with Gasteiger partial charge in [0.25, 0.3) is 0 Å². The third-order valence-corrected chi connectivity index (χ3v) is 3.76. The summed E-state index contributed by atoms with van der Waals surface area (Å²) in [7, 11) is 0. The van der Waals surface area contributed by atoms with E-state index in [4.69, 9.17) is 10.5 Å². The van der Waals surface area contributed by atoms with Crippen LogP contribution in [0.4, 0.5) is 4.79 Å². The molecule has 0 aromatic rings. The normalized spacial score (nSPS) is 19.7. The highest BCUT2D eigenvalue weighted by Gasteiger charge is 2.45.